The number of carbonyl (C=O) groups excluding carboxylic acids is 1. The molecule has 6 fully saturated rings. The van der Waals surface area contributed by atoms with Crippen molar-refractivity contribution in [3.05, 3.63) is 0 Å². The van der Waals surface area contributed by atoms with Crippen LogP contribution in [-0.2, 0) is 14.3 Å². The third-order valence-electron chi connectivity index (χ3n) is 12.5. The largest absolute Gasteiger partial charge is 0.469 e. The Morgan fingerprint density at radius 2 is 1.34 bits per heavy atom. The molecular formula is C34H56Cl2N2O3. The zero-order valence-corrected chi connectivity index (χ0v) is 27.3. The molecule has 1 saturated heterocycles. The summed E-state index contributed by atoms with van der Waals surface area (Å²) in [5.41, 5.74) is 0. The molecule has 0 spiro atoms. The Morgan fingerprint density at radius 1 is 0.756 bits per heavy atom. The van der Waals surface area contributed by atoms with Crippen molar-refractivity contribution in [1.29, 1.82) is 0 Å². The molecule has 1 aliphatic heterocycles. The molecule has 4 atom stereocenters. The first kappa shape index (κ1) is 30.9. The second kappa shape index (κ2) is 13.9. The van der Waals surface area contributed by atoms with Crippen LogP contribution in [0.25, 0.3) is 0 Å². The Hall–Kier alpha value is -0.0700. The van der Waals surface area contributed by atoms with E-state index in [1.54, 1.807) is 0 Å². The molecule has 0 aromatic carbocycles. The number of hydrogen-bond acceptors (Lipinski definition) is 5. The molecule has 0 radical (unpaired) electrons. The van der Waals surface area contributed by atoms with E-state index in [2.05, 4.69) is 16.8 Å². The first-order valence-corrected chi connectivity index (χ1v) is 18.3. The van der Waals surface area contributed by atoms with Crippen LogP contribution in [-0.4, -0.2) is 78.2 Å². The van der Waals surface area contributed by atoms with E-state index in [4.69, 9.17) is 32.7 Å². The summed E-state index contributed by atoms with van der Waals surface area (Å²) >= 11 is 13.2. The lowest BCUT2D eigenvalue weighted by atomic mass is 9.61. The van der Waals surface area contributed by atoms with Gasteiger partial charge in [-0.15, -0.1) is 23.2 Å². The minimum atomic E-state index is -0.0431. The highest BCUT2D eigenvalue weighted by atomic mass is 35.5. The lowest BCUT2D eigenvalue weighted by Crippen LogP contribution is -2.47. The van der Waals surface area contributed by atoms with Gasteiger partial charge in [0.1, 0.15) is 0 Å². The number of ether oxygens (including phenoxy) is 2. The van der Waals surface area contributed by atoms with E-state index in [-0.39, 0.29) is 11.9 Å². The molecule has 6 aliphatic rings. The molecule has 1 heterocycles. The van der Waals surface area contributed by atoms with Crippen LogP contribution in [0.1, 0.15) is 109 Å². The van der Waals surface area contributed by atoms with E-state index in [1.807, 2.05) is 0 Å². The number of hydrogen-bond donors (Lipinski definition) is 0. The summed E-state index contributed by atoms with van der Waals surface area (Å²) in [5.74, 6) is 4.29. The summed E-state index contributed by atoms with van der Waals surface area (Å²) in [4.78, 5) is 17.6. The number of likely N-dealkylation sites (N-methyl/N-ethyl adjacent to an activating group) is 1. The van der Waals surface area contributed by atoms with Crippen LogP contribution >= 0.6 is 23.2 Å². The SMILES string of the molecule is COC(=O)C1CCC(OCCN2C3CC(C(C4CCC(Cl)CC4)C4CCC(Cl)CC4)CCC3N(C)C2C2CC2)CC1. The number of methoxy groups -OCH3 is 1. The third kappa shape index (κ3) is 7.10. The Kier molecular flexibility index (Phi) is 10.5. The lowest BCUT2D eigenvalue weighted by Gasteiger charge is -2.47. The number of nitrogens with zero attached hydrogens (tertiary/aromatic N) is 2. The van der Waals surface area contributed by atoms with Crippen molar-refractivity contribution >= 4 is 29.2 Å². The van der Waals surface area contributed by atoms with Gasteiger partial charge in [-0.25, -0.2) is 0 Å². The fourth-order valence-corrected chi connectivity index (χ4v) is 10.8. The second-order valence-corrected chi connectivity index (χ2v) is 16.1. The van der Waals surface area contributed by atoms with Gasteiger partial charge in [0.25, 0.3) is 0 Å². The molecule has 5 aliphatic carbocycles. The van der Waals surface area contributed by atoms with Crippen molar-refractivity contribution in [2.75, 3.05) is 27.3 Å². The van der Waals surface area contributed by atoms with Crippen molar-refractivity contribution in [3.8, 4) is 0 Å². The molecule has 0 amide bonds. The molecule has 7 heteroatoms. The Morgan fingerprint density at radius 3 is 1.90 bits per heavy atom. The first-order valence-electron chi connectivity index (χ1n) is 17.4. The summed E-state index contributed by atoms with van der Waals surface area (Å²) in [6.45, 7) is 1.87. The molecule has 6 rings (SSSR count). The summed E-state index contributed by atoms with van der Waals surface area (Å²) in [6, 6.07) is 1.37. The normalized spacial score (nSPS) is 43.4. The Bertz CT molecular complexity index is 827. The van der Waals surface area contributed by atoms with E-state index in [9.17, 15) is 4.79 Å². The predicted molar refractivity (Wildman–Crippen MR) is 166 cm³/mol. The maximum atomic E-state index is 12.0. The minimum absolute atomic E-state index is 0.0431. The first-order chi connectivity index (χ1) is 19.9. The van der Waals surface area contributed by atoms with Gasteiger partial charge in [-0.2, -0.15) is 0 Å². The Labute approximate surface area is 259 Å². The van der Waals surface area contributed by atoms with Crippen LogP contribution in [0.4, 0.5) is 0 Å². The number of fused-ring (bicyclic) bond motifs is 1. The van der Waals surface area contributed by atoms with Crippen molar-refractivity contribution in [2.24, 2.45) is 35.5 Å². The summed E-state index contributed by atoms with van der Waals surface area (Å²) in [6.07, 6.45) is 21.8. The zero-order chi connectivity index (χ0) is 28.5. The summed E-state index contributed by atoms with van der Waals surface area (Å²) < 4.78 is 11.5. The van der Waals surface area contributed by atoms with E-state index >= 15 is 0 Å². The van der Waals surface area contributed by atoms with Crippen LogP contribution in [0.15, 0.2) is 0 Å². The van der Waals surface area contributed by atoms with E-state index in [0.29, 0.717) is 35.1 Å². The summed E-state index contributed by atoms with van der Waals surface area (Å²) in [7, 11) is 3.94. The minimum Gasteiger partial charge on any atom is -0.469 e. The fourth-order valence-electron chi connectivity index (χ4n) is 10.3. The standard InChI is InChI=1S/C34H56Cl2N2O3/c1-37-30-18-11-26(32(22-5-12-27(35)13-6-22)23-7-14-28(36)15-8-23)21-31(30)38(33(37)24-3-4-24)19-20-41-29-16-9-25(10-17-29)34(39)40-2/h22-33H,3-21H2,1-2H3. The number of alkyl halides is 2. The number of rotatable bonds is 9. The topological polar surface area (TPSA) is 42.0 Å². The van der Waals surface area contributed by atoms with Crippen LogP contribution < -0.4 is 0 Å². The monoisotopic (exact) mass is 610 g/mol. The van der Waals surface area contributed by atoms with Gasteiger partial charge in [-0.05, 0) is 146 Å². The van der Waals surface area contributed by atoms with Gasteiger partial charge in [0.15, 0.2) is 0 Å². The maximum Gasteiger partial charge on any atom is 0.308 e. The molecule has 0 bridgehead atoms. The average Bonchev–Trinajstić information content (AvgIpc) is 3.79. The molecule has 0 aromatic heterocycles. The van der Waals surface area contributed by atoms with Gasteiger partial charge >= 0.3 is 5.97 Å². The van der Waals surface area contributed by atoms with Crippen molar-refractivity contribution < 1.29 is 14.3 Å². The van der Waals surface area contributed by atoms with Gasteiger partial charge in [0, 0.05) is 29.4 Å². The van der Waals surface area contributed by atoms with E-state index < -0.39 is 0 Å². The second-order valence-electron chi connectivity index (χ2n) is 14.8. The molecule has 5 saturated carbocycles. The van der Waals surface area contributed by atoms with Crippen LogP contribution in [0.5, 0.6) is 0 Å². The fraction of sp³-hybridized carbons (Fsp3) is 0.971. The van der Waals surface area contributed by atoms with Crippen LogP contribution in [0, 0.1) is 35.5 Å². The van der Waals surface area contributed by atoms with Gasteiger partial charge in [0.05, 0.1) is 31.9 Å². The molecular weight excluding hydrogens is 555 g/mol. The maximum absolute atomic E-state index is 12.0. The lowest BCUT2D eigenvalue weighted by molar-refractivity contribution is -0.147. The van der Waals surface area contributed by atoms with Gasteiger partial charge < -0.3 is 9.47 Å². The molecule has 0 N–H and O–H groups in total. The highest BCUT2D eigenvalue weighted by Crippen LogP contribution is 2.52. The smallest absolute Gasteiger partial charge is 0.308 e. The van der Waals surface area contributed by atoms with E-state index in [0.717, 1.165) is 68.4 Å². The third-order valence-corrected chi connectivity index (χ3v) is 13.4. The molecule has 0 aromatic rings. The van der Waals surface area contributed by atoms with Crippen molar-refractivity contribution in [3.63, 3.8) is 0 Å². The highest BCUT2D eigenvalue weighted by Gasteiger charge is 2.53. The van der Waals surface area contributed by atoms with Gasteiger partial charge in [-0.1, -0.05) is 0 Å². The van der Waals surface area contributed by atoms with Crippen molar-refractivity contribution in [1.82, 2.24) is 9.80 Å². The molecule has 5 nitrogen and oxygen atoms in total. The Balaban J connectivity index is 1.11. The molecule has 41 heavy (non-hydrogen) atoms. The predicted octanol–water partition coefficient (Wildman–Crippen LogP) is 7.47. The average molecular weight is 612 g/mol. The van der Waals surface area contributed by atoms with Gasteiger partial charge in [-0.3, -0.25) is 14.6 Å². The highest BCUT2D eigenvalue weighted by molar-refractivity contribution is 6.20. The van der Waals surface area contributed by atoms with Gasteiger partial charge in [0.2, 0.25) is 0 Å². The number of halogens is 2. The zero-order valence-electron chi connectivity index (χ0n) is 25.7. The number of esters is 1. The molecule has 4 unspecified atom stereocenters. The molecule has 234 valence electrons. The van der Waals surface area contributed by atoms with Crippen LogP contribution in [0.3, 0.4) is 0 Å². The van der Waals surface area contributed by atoms with E-state index in [1.165, 1.54) is 90.6 Å². The summed E-state index contributed by atoms with van der Waals surface area (Å²) in [5, 5.41) is 0.796. The quantitative estimate of drug-likeness (QED) is 0.200. The van der Waals surface area contributed by atoms with Crippen LogP contribution in [0.2, 0.25) is 0 Å². The van der Waals surface area contributed by atoms with Crippen molar-refractivity contribution in [2.45, 2.75) is 144 Å². The number of carbonyl (C=O) groups is 1.